The molecular weight excluding hydrogens is 286 g/mol. The fourth-order valence-corrected chi connectivity index (χ4v) is 2.85. The van der Waals surface area contributed by atoms with Crippen molar-refractivity contribution in [1.82, 2.24) is 10.3 Å². The third-order valence-electron chi connectivity index (χ3n) is 4.28. The molecule has 1 atom stereocenters. The molecule has 0 aliphatic heterocycles. The zero-order valence-electron chi connectivity index (χ0n) is 13.7. The first kappa shape index (κ1) is 15.5. The third kappa shape index (κ3) is 4.31. The van der Waals surface area contributed by atoms with Crippen LogP contribution in [0.5, 0.6) is 0 Å². The van der Waals surface area contributed by atoms with E-state index in [2.05, 4.69) is 27.8 Å². The summed E-state index contributed by atoms with van der Waals surface area (Å²) in [5.41, 5.74) is 3.82. The number of nitrogens with zero attached hydrogens (tertiary/aromatic N) is 1. The standard InChI is InChI=1S/C19H23N3O/c1-13-8-11-17(14(2)20-13)21-19(23)22-18(16-9-10-16)12-15-6-4-3-5-7-15/h3-8,11,16,18H,9-10,12H2,1-2H3,(H2,21,22,23)/t18-/m0/s1. The molecular formula is C19H23N3O. The minimum atomic E-state index is -0.147. The molecule has 1 aromatic heterocycles. The highest BCUT2D eigenvalue weighted by molar-refractivity contribution is 5.90. The number of aryl methyl sites for hydroxylation is 2. The Morgan fingerprint density at radius 1 is 1.17 bits per heavy atom. The number of carbonyl (C=O) groups is 1. The molecule has 1 aliphatic rings. The van der Waals surface area contributed by atoms with Crippen molar-refractivity contribution in [3.8, 4) is 0 Å². The van der Waals surface area contributed by atoms with Crippen LogP contribution < -0.4 is 10.6 Å². The molecule has 4 heteroatoms. The van der Waals surface area contributed by atoms with Gasteiger partial charge in [0, 0.05) is 11.7 Å². The molecule has 2 N–H and O–H groups in total. The Hall–Kier alpha value is -2.36. The molecule has 3 rings (SSSR count). The van der Waals surface area contributed by atoms with E-state index in [1.807, 2.05) is 44.2 Å². The van der Waals surface area contributed by atoms with Gasteiger partial charge in [-0.25, -0.2) is 4.79 Å². The van der Waals surface area contributed by atoms with Crippen molar-refractivity contribution in [3.05, 3.63) is 59.4 Å². The van der Waals surface area contributed by atoms with Crippen LogP contribution >= 0.6 is 0 Å². The van der Waals surface area contributed by atoms with Crippen LogP contribution in [0.1, 0.15) is 29.8 Å². The average molecular weight is 309 g/mol. The Bertz CT molecular complexity index is 680. The van der Waals surface area contributed by atoms with E-state index in [0.29, 0.717) is 5.92 Å². The summed E-state index contributed by atoms with van der Waals surface area (Å²) >= 11 is 0. The van der Waals surface area contributed by atoms with Crippen molar-refractivity contribution >= 4 is 11.7 Å². The topological polar surface area (TPSA) is 54.0 Å². The summed E-state index contributed by atoms with van der Waals surface area (Å²) in [4.78, 5) is 16.7. The van der Waals surface area contributed by atoms with E-state index < -0.39 is 0 Å². The van der Waals surface area contributed by atoms with Crippen LogP contribution in [0.4, 0.5) is 10.5 Å². The number of urea groups is 1. The lowest BCUT2D eigenvalue weighted by Crippen LogP contribution is -2.40. The van der Waals surface area contributed by atoms with Crippen molar-refractivity contribution < 1.29 is 4.79 Å². The Morgan fingerprint density at radius 3 is 2.57 bits per heavy atom. The van der Waals surface area contributed by atoms with E-state index in [4.69, 9.17) is 0 Å². The molecule has 0 saturated heterocycles. The monoisotopic (exact) mass is 309 g/mol. The highest BCUT2D eigenvalue weighted by atomic mass is 16.2. The third-order valence-corrected chi connectivity index (χ3v) is 4.28. The van der Waals surface area contributed by atoms with Gasteiger partial charge in [-0.15, -0.1) is 0 Å². The predicted octanol–water partition coefficient (Wildman–Crippen LogP) is 3.84. The van der Waals surface area contributed by atoms with E-state index in [1.165, 1.54) is 18.4 Å². The van der Waals surface area contributed by atoms with Gasteiger partial charge in [0.15, 0.2) is 0 Å². The summed E-state index contributed by atoms with van der Waals surface area (Å²) in [6.07, 6.45) is 3.27. The first-order valence-corrected chi connectivity index (χ1v) is 8.17. The molecule has 4 nitrogen and oxygen atoms in total. The molecule has 0 bridgehead atoms. The molecule has 2 aromatic rings. The number of pyridine rings is 1. The van der Waals surface area contributed by atoms with E-state index in [9.17, 15) is 4.79 Å². The minimum Gasteiger partial charge on any atom is -0.335 e. The molecule has 120 valence electrons. The van der Waals surface area contributed by atoms with Gasteiger partial charge in [0.05, 0.1) is 11.4 Å². The van der Waals surface area contributed by atoms with Gasteiger partial charge in [0.2, 0.25) is 0 Å². The second kappa shape index (κ2) is 6.82. The van der Waals surface area contributed by atoms with E-state index in [-0.39, 0.29) is 12.1 Å². The lowest BCUT2D eigenvalue weighted by Gasteiger charge is -2.19. The average Bonchev–Trinajstić information content (AvgIpc) is 3.35. The summed E-state index contributed by atoms with van der Waals surface area (Å²) in [7, 11) is 0. The number of carbonyl (C=O) groups excluding carboxylic acids is 1. The van der Waals surface area contributed by atoms with Gasteiger partial charge in [-0.05, 0) is 56.7 Å². The van der Waals surface area contributed by atoms with Crippen LogP contribution in [-0.2, 0) is 6.42 Å². The van der Waals surface area contributed by atoms with Crippen LogP contribution in [-0.4, -0.2) is 17.1 Å². The first-order chi connectivity index (χ1) is 11.1. The van der Waals surface area contributed by atoms with Crippen LogP contribution in [0.25, 0.3) is 0 Å². The fraction of sp³-hybridized carbons (Fsp3) is 0.368. The number of aromatic nitrogens is 1. The highest BCUT2D eigenvalue weighted by Gasteiger charge is 2.32. The quantitative estimate of drug-likeness (QED) is 0.881. The van der Waals surface area contributed by atoms with Gasteiger partial charge in [0.1, 0.15) is 0 Å². The number of hydrogen-bond acceptors (Lipinski definition) is 2. The van der Waals surface area contributed by atoms with Crippen LogP contribution in [0.15, 0.2) is 42.5 Å². The Labute approximate surface area is 137 Å². The van der Waals surface area contributed by atoms with E-state index in [1.54, 1.807) is 0 Å². The second-order valence-electron chi connectivity index (χ2n) is 6.32. The zero-order valence-corrected chi connectivity index (χ0v) is 13.7. The Morgan fingerprint density at radius 2 is 1.91 bits per heavy atom. The van der Waals surface area contributed by atoms with Gasteiger partial charge < -0.3 is 10.6 Å². The summed E-state index contributed by atoms with van der Waals surface area (Å²) in [6.45, 7) is 3.85. The largest absolute Gasteiger partial charge is 0.335 e. The number of benzene rings is 1. The molecule has 0 radical (unpaired) electrons. The molecule has 1 aliphatic carbocycles. The van der Waals surface area contributed by atoms with Crippen molar-refractivity contribution in [2.45, 2.75) is 39.2 Å². The van der Waals surface area contributed by atoms with Gasteiger partial charge in [-0.2, -0.15) is 0 Å². The van der Waals surface area contributed by atoms with Crippen LogP contribution in [0.3, 0.4) is 0 Å². The molecule has 1 saturated carbocycles. The maximum absolute atomic E-state index is 12.3. The number of anilines is 1. The van der Waals surface area contributed by atoms with Crippen molar-refractivity contribution in [2.75, 3.05) is 5.32 Å². The number of amides is 2. The SMILES string of the molecule is Cc1ccc(NC(=O)N[C@@H](Cc2ccccc2)C2CC2)c(C)n1. The number of rotatable bonds is 5. The molecule has 23 heavy (non-hydrogen) atoms. The molecule has 1 heterocycles. The van der Waals surface area contributed by atoms with Gasteiger partial charge >= 0.3 is 6.03 Å². The maximum atomic E-state index is 12.3. The molecule has 0 spiro atoms. The van der Waals surface area contributed by atoms with Crippen LogP contribution in [0, 0.1) is 19.8 Å². The second-order valence-corrected chi connectivity index (χ2v) is 6.32. The molecule has 1 aromatic carbocycles. The first-order valence-electron chi connectivity index (χ1n) is 8.17. The highest BCUT2D eigenvalue weighted by Crippen LogP contribution is 2.34. The molecule has 0 unspecified atom stereocenters. The number of hydrogen-bond donors (Lipinski definition) is 2. The van der Waals surface area contributed by atoms with Crippen molar-refractivity contribution in [1.29, 1.82) is 0 Å². The van der Waals surface area contributed by atoms with E-state index >= 15 is 0 Å². The Kier molecular flexibility index (Phi) is 4.60. The van der Waals surface area contributed by atoms with Gasteiger partial charge in [-0.1, -0.05) is 30.3 Å². The summed E-state index contributed by atoms with van der Waals surface area (Å²) in [5, 5.41) is 6.06. The lowest BCUT2D eigenvalue weighted by molar-refractivity contribution is 0.246. The summed E-state index contributed by atoms with van der Waals surface area (Å²) in [5.74, 6) is 0.596. The zero-order chi connectivity index (χ0) is 16.2. The van der Waals surface area contributed by atoms with E-state index in [0.717, 1.165) is 23.5 Å². The van der Waals surface area contributed by atoms with Gasteiger partial charge in [-0.3, -0.25) is 4.98 Å². The lowest BCUT2D eigenvalue weighted by atomic mass is 10.0. The predicted molar refractivity (Wildman–Crippen MR) is 92.5 cm³/mol. The molecule has 1 fully saturated rings. The van der Waals surface area contributed by atoms with Crippen molar-refractivity contribution in [2.24, 2.45) is 5.92 Å². The number of nitrogens with one attached hydrogen (secondary N) is 2. The summed E-state index contributed by atoms with van der Waals surface area (Å²) < 4.78 is 0. The normalized spacial score (nSPS) is 15.0. The van der Waals surface area contributed by atoms with Crippen molar-refractivity contribution in [3.63, 3.8) is 0 Å². The molecule has 2 amide bonds. The summed E-state index contributed by atoms with van der Waals surface area (Å²) in [6, 6.07) is 14.2. The Balaban J connectivity index is 1.62. The van der Waals surface area contributed by atoms with Gasteiger partial charge in [0.25, 0.3) is 0 Å². The maximum Gasteiger partial charge on any atom is 0.319 e. The smallest absolute Gasteiger partial charge is 0.319 e. The van der Waals surface area contributed by atoms with Crippen LogP contribution in [0.2, 0.25) is 0 Å². The minimum absolute atomic E-state index is 0.147. The fourth-order valence-electron chi connectivity index (χ4n) is 2.85.